The van der Waals surface area contributed by atoms with E-state index in [0.29, 0.717) is 11.6 Å². The van der Waals surface area contributed by atoms with Gasteiger partial charge in [0, 0.05) is 35.2 Å². The van der Waals surface area contributed by atoms with Gasteiger partial charge in [-0.3, -0.25) is 14.8 Å². The third-order valence-electron chi connectivity index (χ3n) is 4.98. The molecule has 1 amide bonds. The number of carbonyl (C=O) groups excluding carboxylic acids is 1. The van der Waals surface area contributed by atoms with Crippen molar-refractivity contribution in [2.45, 2.75) is 31.8 Å². The fraction of sp³-hybridized carbons (Fsp3) is 0.444. The van der Waals surface area contributed by atoms with E-state index in [9.17, 15) is 4.79 Å². The Balaban J connectivity index is 1.42. The highest BCUT2D eigenvalue weighted by Crippen LogP contribution is 2.31. The molecule has 1 aliphatic carbocycles. The molecule has 2 aromatic rings. The molecule has 2 atom stereocenters. The maximum atomic E-state index is 12.5. The number of aromatic amines is 1. The number of aromatic nitrogens is 2. The van der Waals surface area contributed by atoms with Crippen LogP contribution in [0.2, 0.25) is 0 Å². The molecule has 0 radical (unpaired) electrons. The molecule has 2 aliphatic rings. The monoisotopic (exact) mass is 388 g/mol. The van der Waals surface area contributed by atoms with Crippen LogP contribution in [-0.2, 0) is 0 Å². The second-order valence-electron chi connectivity index (χ2n) is 6.92. The molecule has 1 aromatic heterocycles. The number of nitrogens with one attached hydrogen (secondary N) is 2. The zero-order valence-electron chi connectivity index (χ0n) is 13.6. The molecule has 2 fully saturated rings. The molecule has 2 N–H and O–H groups in total. The van der Waals surface area contributed by atoms with Crippen LogP contribution < -0.4 is 5.32 Å². The number of halogens is 1. The van der Waals surface area contributed by atoms with Crippen LogP contribution in [0.1, 0.15) is 30.3 Å². The van der Waals surface area contributed by atoms with E-state index in [2.05, 4.69) is 43.3 Å². The molecule has 2 unspecified atom stereocenters. The quantitative estimate of drug-likeness (QED) is 0.845. The average molecular weight is 389 g/mol. The molecule has 1 saturated heterocycles. The molecular formula is C18H21BrN4O. The minimum atomic E-state index is -0.0691. The highest BCUT2D eigenvalue weighted by atomic mass is 79.9. The SMILES string of the molecule is CC1CN(C2CC2)CC1NC(=O)c1cc(-c2ccc(Br)cc2)n[nH]1. The van der Waals surface area contributed by atoms with Crippen LogP contribution in [0.25, 0.3) is 11.3 Å². The summed E-state index contributed by atoms with van der Waals surface area (Å²) in [5, 5.41) is 10.3. The zero-order valence-corrected chi connectivity index (χ0v) is 15.2. The van der Waals surface area contributed by atoms with Gasteiger partial charge in [0.1, 0.15) is 5.69 Å². The highest BCUT2D eigenvalue weighted by molar-refractivity contribution is 9.10. The molecule has 4 rings (SSSR count). The van der Waals surface area contributed by atoms with Gasteiger partial charge in [-0.05, 0) is 37.0 Å². The molecule has 24 heavy (non-hydrogen) atoms. The summed E-state index contributed by atoms with van der Waals surface area (Å²) in [5.41, 5.74) is 2.29. The molecule has 126 valence electrons. The van der Waals surface area contributed by atoms with Gasteiger partial charge >= 0.3 is 0 Å². The van der Waals surface area contributed by atoms with Crippen molar-refractivity contribution in [1.82, 2.24) is 20.4 Å². The Morgan fingerprint density at radius 1 is 1.29 bits per heavy atom. The Morgan fingerprint density at radius 2 is 2.04 bits per heavy atom. The molecular weight excluding hydrogens is 368 g/mol. The minimum Gasteiger partial charge on any atom is -0.346 e. The third-order valence-corrected chi connectivity index (χ3v) is 5.51. The van der Waals surface area contributed by atoms with Crippen molar-refractivity contribution >= 4 is 21.8 Å². The van der Waals surface area contributed by atoms with Gasteiger partial charge in [0.15, 0.2) is 0 Å². The number of rotatable bonds is 4. The molecule has 2 heterocycles. The number of hydrogen-bond donors (Lipinski definition) is 2. The number of carbonyl (C=O) groups is 1. The van der Waals surface area contributed by atoms with Gasteiger partial charge < -0.3 is 5.32 Å². The van der Waals surface area contributed by atoms with E-state index in [1.807, 2.05) is 30.3 Å². The Morgan fingerprint density at radius 3 is 2.75 bits per heavy atom. The van der Waals surface area contributed by atoms with E-state index >= 15 is 0 Å². The average Bonchev–Trinajstić information content (AvgIpc) is 3.19. The molecule has 0 spiro atoms. The van der Waals surface area contributed by atoms with Crippen LogP contribution in [0.3, 0.4) is 0 Å². The lowest BCUT2D eigenvalue weighted by atomic mass is 10.1. The Hall–Kier alpha value is -1.66. The van der Waals surface area contributed by atoms with Crippen LogP contribution in [0.4, 0.5) is 0 Å². The second-order valence-corrected chi connectivity index (χ2v) is 7.83. The first-order valence-corrected chi connectivity index (χ1v) is 9.26. The van der Waals surface area contributed by atoms with E-state index in [1.165, 1.54) is 12.8 Å². The van der Waals surface area contributed by atoms with Crippen LogP contribution in [0.5, 0.6) is 0 Å². The predicted molar refractivity (Wildman–Crippen MR) is 96.7 cm³/mol. The number of hydrogen-bond acceptors (Lipinski definition) is 3. The van der Waals surface area contributed by atoms with Crippen molar-refractivity contribution in [3.63, 3.8) is 0 Å². The number of nitrogens with zero attached hydrogens (tertiary/aromatic N) is 2. The molecule has 1 aliphatic heterocycles. The van der Waals surface area contributed by atoms with Crippen LogP contribution in [0.15, 0.2) is 34.8 Å². The van der Waals surface area contributed by atoms with Gasteiger partial charge in [-0.2, -0.15) is 5.10 Å². The van der Waals surface area contributed by atoms with E-state index in [0.717, 1.165) is 34.9 Å². The van der Waals surface area contributed by atoms with Crippen molar-refractivity contribution in [3.8, 4) is 11.3 Å². The topological polar surface area (TPSA) is 61.0 Å². The van der Waals surface area contributed by atoms with E-state index in [4.69, 9.17) is 0 Å². The van der Waals surface area contributed by atoms with E-state index in [1.54, 1.807) is 0 Å². The van der Waals surface area contributed by atoms with Crippen LogP contribution in [0, 0.1) is 5.92 Å². The van der Waals surface area contributed by atoms with Gasteiger partial charge in [-0.25, -0.2) is 0 Å². The first-order valence-electron chi connectivity index (χ1n) is 8.46. The molecule has 0 bridgehead atoms. The summed E-state index contributed by atoms with van der Waals surface area (Å²) in [5.74, 6) is 0.420. The normalized spacial score (nSPS) is 24.2. The third kappa shape index (κ3) is 3.26. The van der Waals surface area contributed by atoms with Gasteiger partial charge in [0.25, 0.3) is 5.91 Å². The maximum Gasteiger partial charge on any atom is 0.269 e. The van der Waals surface area contributed by atoms with Gasteiger partial charge in [0.2, 0.25) is 0 Å². The fourth-order valence-corrected chi connectivity index (χ4v) is 3.65. The summed E-state index contributed by atoms with van der Waals surface area (Å²) in [7, 11) is 0. The smallest absolute Gasteiger partial charge is 0.269 e. The molecule has 6 heteroatoms. The second kappa shape index (κ2) is 6.33. The minimum absolute atomic E-state index is 0.0691. The van der Waals surface area contributed by atoms with Gasteiger partial charge in [0.05, 0.1) is 5.69 Å². The number of benzene rings is 1. The van der Waals surface area contributed by atoms with Crippen LogP contribution in [-0.4, -0.2) is 46.2 Å². The standard InChI is InChI=1S/C18H21BrN4O/c1-11-9-23(14-6-7-14)10-17(11)20-18(24)16-8-15(21-22-16)12-2-4-13(19)5-3-12/h2-5,8,11,14,17H,6-7,9-10H2,1H3,(H,20,24)(H,21,22). The maximum absolute atomic E-state index is 12.5. The van der Waals surface area contributed by atoms with Crippen molar-refractivity contribution in [2.24, 2.45) is 5.92 Å². The number of H-pyrrole nitrogens is 1. The Labute approximate surface area is 149 Å². The summed E-state index contributed by atoms with van der Waals surface area (Å²) in [6, 6.07) is 10.7. The molecule has 5 nitrogen and oxygen atoms in total. The van der Waals surface area contributed by atoms with Gasteiger partial charge in [-0.1, -0.05) is 35.0 Å². The first-order chi connectivity index (χ1) is 11.6. The fourth-order valence-electron chi connectivity index (χ4n) is 3.38. The summed E-state index contributed by atoms with van der Waals surface area (Å²) in [6.07, 6.45) is 2.62. The zero-order chi connectivity index (χ0) is 16.7. The Kier molecular flexibility index (Phi) is 4.18. The lowest BCUT2D eigenvalue weighted by molar-refractivity contribution is 0.0926. The Bertz CT molecular complexity index is 738. The summed E-state index contributed by atoms with van der Waals surface area (Å²) in [4.78, 5) is 15.0. The largest absolute Gasteiger partial charge is 0.346 e. The van der Waals surface area contributed by atoms with E-state index in [-0.39, 0.29) is 11.9 Å². The summed E-state index contributed by atoms with van der Waals surface area (Å²) in [6.45, 7) is 4.27. The van der Waals surface area contributed by atoms with Crippen molar-refractivity contribution in [1.29, 1.82) is 0 Å². The van der Waals surface area contributed by atoms with Gasteiger partial charge in [-0.15, -0.1) is 0 Å². The lowest BCUT2D eigenvalue weighted by Gasteiger charge is -2.16. The highest BCUT2D eigenvalue weighted by Gasteiger charge is 2.38. The lowest BCUT2D eigenvalue weighted by Crippen LogP contribution is -2.40. The van der Waals surface area contributed by atoms with Crippen molar-refractivity contribution in [3.05, 3.63) is 40.5 Å². The molecule has 1 aromatic carbocycles. The molecule has 1 saturated carbocycles. The van der Waals surface area contributed by atoms with Crippen LogP contribution >= 0.6 is 15.9 Å². The predicted octanol–water partition coefficient (Wildman–Crippen LogP) is 3.05. The number of amides is 1. The first kappa shape index (κ1) is 15.8. The van der Waals surface area contributed by atoms with Crippen molar-refractivity contribution < 1.29 is 4.79 Å². The van der Waals surface area contributed by atoms with Crippen molar-refractivity contribution in [2.75, 3.05) is 13.1 Å². The summed E-state index contributed by atoms with van der Waals surface area (Å²) >= 11 is 3.42. The number of likely N-dealkylation sites (tertiary alicyclic amines) is 1. The summed E-state index contributed by atoms with van der Waals surface area (Å²) < 4.78 is 1.02. The van der Waals surface area contributed by atoms with E-state index < -0.39 is 0 Å².